The number of benzene rings is 5. The number of hydrogen-bond donors (Lipinski definition) is 0. The van der Waals surface area contributed by atoms with E-state index in [-0.39, 0.29) is 0 Å². The maximum Gasteiger partial charge on any atom is 0.0722 e. The van der Waals surface area contributed by atoms with E-state index in [2.05, 4.69) is 175 Å². The lowest BCUT2D eigenvalue weighted by Crippen LogP contribution is -2.31. The molecule has 0 heterocycles. The van der Waals surface area contributed by atoms with Crippen molar-refractivity contribution in [2.45, 2.75) is 59.8 Å². The standard InChI is InChI=1S/C45H40.C2H6.C2H2/c1-6-12-38(28-33-20-17-30(3)18-21-33)45(39-25-23-36-27-31(4)19-22-37(36)29-39)43(41-15-10-8-13-34(41)7-2)32(5)40-26-24-35-14-9-11-16-42(35)44(40)45;2*1-2/h6,8-20,22-29H,1,7,21H2,2-5H3;1-2H3;1-2H/b33-28-,38-12+;;. The normalized spacial score (nSPS) is 17.6. The van der Waals surface area contributed by atoms with Gasteiger partial charge in [-0.3, -0.25) is 0 Å². The van der Waals surface area contributed by atoms with Gasteiger partial charge >= 0.3 is 0 Å². The molecule has 5 aromatic rings. The second-order valence-electron chi connectivity index (χ2n) is 12.6. The summed E-state index contributed by atoms with van der Waals surface area (Å²) in [6.07, 6.45) is 23.4. The van der Waals surface area contributed by atoms with Crippen molar-refractivity contribution >= 4 is 32.7 Å². The van der Waals surface area contributed by atoms with Crippen molar-refractivity contribution in [3.63, 3.8) is 0 Å². The average Bonchev–Trinajstić information content (AvgIpc) is 3.42. The second kappa shape index (κ2) is 15.2. The fraction of sp³-hybridized carbons (Fsp3) is 0.184. The Balaban J connectivity index is 0.00000113. The Hall–Kier alpha value is -5.38. The summed E-state index contributed by atoms with van der Waals surface area (Å²) >= 11 is 0. The van der Waals surface area contributed by atoms with Crippen LogP contribution in [0.5, 0.6) is 0 Å². The fourth-order valence-corrected chi connectivity index (χ4v) is 7.72. The predicted octanol–water partition coefficient (Wildman–Crippen LogP) is 13.3. The van der Waals surface area contributed by atoms with Crippen LogP contribution >= 0.6 is 0 Å². The molecule has 2 aliphatic rings. The first kappa shape index (κ1) is 34.9. The van der Waals surface area contributed by atoms with Crippen molar-refractivity contribution in [3.8, 4) is 12.8 Å². The van der Waals surface area contributed by atoms with Crippen molar-refractivity contribution in [3.05, 3.63) is 190 Å². The van der Waals surface area contributed by atoms with Gasteiger partial charge in [-0.1, -0.05) is 166 Å². The largest absolute Gasteiger partial charge is 0.124 e. The van der Waals surface area contributed by atoms with Crippen LogP contribution in [-0.4, -0.2) is 0 Å². The first-order valence-corrected chi connectivity index (χ1v) is 17.5. The van der Waals surface area contributed by atoms with E-state index in [0.29, 0.717) is 0 Å². The van der Waals surface area contributed by atoms with Crippen LogP contribution in [0.15, 0.2) is 157 Å². The lowest BCUT2D eigenvalue weighted by atomic mass is 9.62. The van der Waals surface area contributed by atoms with E-state index in [9.17, 15) is 0 Å². The molecule has 0 aromatic heterocycles. The number of fused-ring (bicyclic) bond motifs is 4. The van der Waals surface area contributed by atoms with Gasteiger partial charge in [-0.15, -0.1) is 12.8 Å². The minimum Gasteiger partial charge on any atom is -0.124 e. The summed E-state index contributed by atoms with van der Waals surface area (Å²) in [4.78, 5) is 0. The van der Waals surface area contributed by atoms with E-state index in [1.54, 1.807) is 0 Å². The van der Waals surface area contributed by atoms with Gasteiger partial charge in [0.25, 0.3) is 0 Å². The first-order chi connectivity index (χ1) is 23.9. The Morgan fingerprint density at radius 3 is 2.20 bits per heavy atom. The molecule has 0 radical (unpaired) electrons. The van der Waals surface area contributed by atoms with Crippen molar-refractivity contribution in [2.75, 3.05) is 0 Å². The highest BCUT2D eigenvalue weighted by atomic mass is 14.5. The number of hydrogen-bond acceptors (Lipinski definition) is 0. The third-order valence-corrected chi connectivity index (χ3v) is 9.85. The summed E-state index contributed by atoms with van der Waals surface area (Å²) in [5, 5.41) is 5.08. The zero-order valence-electron chi connectivity index (χ0n) is 30.0. The maximum absolute atomic E-state index is 4.28. The van der Waals surface area contributed by atoms with Crippen molar-refractivity contribution < 1.29 is 0 Å². The maximum atomic E-state index is 4.28. The minimum absolute atomic E-state index is 0.574. The van der Waals surface area contributed by atoms with E-state index < -0.39 is 5.41 Å². The van der Waals surface area contributed by atoms with Crippen molar-refractivity contribution in [1.82, 2.24) is 0 Å². The van der Waals surface area contributed by atoms with E-state index in [1.807, 2.05) is 19.9 Å². The van der Waals surface area contributed by atoms with Gasteiger partial charge in [0.1, 0.15) is 0 Å². The van der Waals surface area contributed by atoms with Crippen molar-refractivity contribution in [2.24, 2.45) is 0 Å². The lowest BCUT2D eigenvalue weighted by molar-refractivity contribution is 0.818. The first-order valence-electron chi connectivity index (χ1n) is 17.5. The molecule has 0 heteroatoms. The smallest absolute Gasteiger partial charge is 0.0722 e. The molecule has 0 saturated carbocycles. The average molecular weight is 637 g/mol. The molecule has 1 unspecified atom stereocenters. The number of allylic oxidation sites excluding steroid dienone is 11. The van der Waals surface area contributed by atoms with Gasteiger partial charge in [0.05, 0.1) is 5.41 Å². The quantitative estimate of drug-likeness (QED) is 0.128. The number of terminal acetylenes is 1. The molecule has 0 spiro atoms. The van der Waals surface area contributed by atoms with Gasteiger partial charge in [-0.2, -0.15) is 0 Å². The molecule has 244 valence electrons. The number of aryl methyl sites for hydroxylation is 2. The lowest BCUT2D eigenvalue weighted by Gasteiger charge is -2.39. The van der Waals surface area contributed by atoms with Crippen LogP contribution in [0.1, 0.15) is 74.4 Å². The zero-order valence-corrected chi connectivity index (χ0v) is 30.0. The molecule has 0 aliphatic heterocycles. The van der Waals surface area contributed by atoms with Gasteiger partial charge in [0.2, 0.25) is 0 Å². The molecule has 2 aliphatic carbocycles. The van der Waals surface area contributed by atoms with Gasteiger partial charge in [0.15, 0.2) is 0 Å². The van der Waals surface area contributed by atoms with E-state index in [4.69, 9.17) is 0 Å². The van der Waals surface area contributed by atoms with Gasteiger partial charge in [0, 0.05) is 0 Å². The Kier molecular flexibility index (Phi) is 10.9. The molecule has 0 fully saturated rings. The molecule has 0 nitrogen and oxygen atoms in total. The Labute approximate surface area is 294 Å². The summed E-state index contributed by atoms with van der Waals surface area (Å²) in [6, 6.07) is 36.6. The molecule has 1 atom stereocenters. The molecule has 0 bridgehead atoms. The van der Waals surface area contributed by atoms with Crippen molar-refractivity contribution in [1.29, 1.82) is 0 Å². The summed E-state index contributed by atoms with van der Waals surface area (Å²) in [5.41, 5.74) is 13.9. The van der Waals surface area contributed by atoms with Crippen LogP contribution in [0, 0.1) is 19.8 Å². The summed E-state index contributed by atoms with van der Waals surface area (Å²) in [7, 11) is 0. The molecule has 5 aromatic carbocycles. The van der Waals surface area contributed by atoms with Gasteiger partial charge in [-0.05, 0) is 111 Å². The molecular weight excluding hydrogens is 589 g/mol. The highest BCUT2D eigenvalue weighted by molar-refractivity contribution is 6.11. The Bertz CT molecular complexity index is 2200. The van der Waals surface area contributed by atoms with Crippen LogP contribution in [0.2, 0.25) is 0 Å². The van der Waals surface area contributed by atoms with Crippen LogP contribution < -0.4 is 0 Å². The molecule has 7 rings (SSSR count). The zero-order chi connectivity index (χ0) is 35.1. The second-order valence-corrected chi connectivity index (χ2v) is 12.6. The molecule has 0 N–H and O–H groups in total. The minimum atomic E-state index is -0.574. The van der Waals surface area contributed by atoms with Gasteiger partial charge < -0.3 is 0 Å². The molecule has 0 saturated heterocycles. The molecule has 0 amide bonds. The predicted molar refractivity (Wildman–Crippen MR) is 217 cm³/mol. The summed E-state index contributed by atoms with van der Waals surface area (Å²) in [5.74, 6) is 0. The SMILES string of the molecule is C#C.C=C/C=C(\C=C1\C=CC(C)=CC1)C1(c2ccc3cc(C)ccc3c2)C(c2ccccc2CC)=C(C)c2ccc3ccccc3c21.CC. The van der Waals surface area contributed by atoms with Crippen LogP contribution in [0.3, 0.4) is 0 Å². The van der Waals surface area contributed by atoms with Crippen LogP contribution in [0.4, 0.5) is 0 Å². The van der Waals surface area contributed by atoms with Crippen LogP contribution in [-0.2, 0) is 11.8 Å². The third kappa shape index (κ3) is 6.19. The third-order valence-electron chi connectivity index (χ3n) is 9.85. The Morgan fingerprint density at radius 2 is 1.47 bits per heavy atom. The summed E-state index contributed by atoms with van der Waals surface area (Å²) in [6.45, 7) is 17.2. The summed E-state index contributed by atoms with van der Waals surface area (Å²) < 4.78 is 0. The van der Waals surface area contributed by atoms with Gasteiger partial charge in [-0.25, -0.2) is 0 Å². The monoisotopic (exact) mass is 636 g/mol. The highest BCUT2D eigenvalue weighted by Crippen LogP contribution is 2.61. The van der Waals surface area contributed by atoms with E-state index in [0.717, 1.165) is 12.8 Å². The topological polar surface area (TPSA) is 0 Å². The molecular formula is C49H48. The Morgan fingerprint density at radius 1 is 0.776 bits per heavy atom. The fourth-order valence-electron chi connectivity index (χ4n) is 7.72. The van der Waals surface area contributed by atoms with Crippen LogP contribution in [0.25, 0.3) is 32.7 Å². The molecule has 49 heavy (non-hydrogen) atoms. The van der Waals surface area contributed by atoms with E-state index >= 15 is 0 Å². The highest BCUT2D eigenvalue weighted by Gasteiger charge is 2.49. The van der Waals surface area contributed by atoms with E-state index in [1.165, 1.54) is 82.8 Å². The number of rotatable bonds is 6.